The Morgan fingerprint density at radius 1 is 0.905 bits per heavy atom. The normalized spacial score (nSPS) is 11.3. The molecule has 102 valence electrons. The molecule has 21 heavy (non-hydrogen) atoms. The highest BCUT2D eigenvalue weighted by molar-refractivity contribution is 5.92. The molecule has 2 aromatic carbocycles. The number of nitrogen functional groups attached to an aromatic ring is 1. The van der Waals surface area contributed by atoms with E-state index in [1.165, 1.54) is 5.39 Å². The Morgan fingerprint density at radius 3 is 2.62 bits per heavy atom. The number of nitrogens with zero attached hydrogens (tertiary/aromatic N) is 3. The van der Waals surface area contributed by atoms with E-state index in [4.69, 9.17) is 5.73 Å². The van der Waals surface area contributed by atoms with Crippen molar-refractivity contribution in [1.82, 2.24) is 14.5 Å². The van der Waals surface area contributed by atoms with Crippen LogP contribution in [-0.2, 0) is 0 Å². The van der Waals surface area contributed by atoms with Gasteiger partial charge in [0.2, 0.25) is 5.95 Å². The van der Waals surface area contributed by atoms with Gasteiger partial charge >= 0.3 is 0 Å². The van der Waals surface area contributed by atoms with Crippen molar-refractivity contribution in [3.05, 3.63) is 60.3 Å². The van der Waals surface area contributed by atoms with Gasteiger partial charge in [0.25, 0.3) is 0 Å². The topological polar surface area (TPSA) is 56.7 Å². The van der Waals surface area contributed by atoms with Crippen molar-refractivity contribution in [2.24, 2.45) is 0 Å². The van der Waals surface area contributed by atoms with Crippen LogP contribution in [0.5, 0.6) is 0 Å². The molecule has 0 aliphatic carbocycles. The van der Waals surface area contributed by atoms with Crippen LogP contribution in [0.4, 0.5) is 5.95 Å². The smallest absolute Gasteiger partial charge is 0.207 e. The van der Waals surface area contributed by atoms with Gasteiger partial charge in [0.05, 0.1) is 5.69 Å². The lowest BCUT2D eigenvalue weighted by atomic mass is 10.1. The van der Waals surface area contributed by atoms with Gasteiger partial charge in [-0.3, -0.25) is 4.57 Å². The lowest BCUT2D eigenvalue weighted by molar-refractivity contribution is 1.08. The van der Waals surface area contributed by atoms with Crippen LogP contribution in [0.15, 0.2) is 54.6 Å². The van der Waals surface area contributed by atoms with Crippen molar-refractivity contribution in [3.8, 4) is 5.69 Å². The first-order valence-corrected chi connectivity index (χ1v) is 6.84. The van der Waals surface area contributed by atoms with Crippen LogP contribution in [0.2, 0.25) is 0 Å². The fraction of sp³-hybridized carbons (Fsp3) is 0.0588. The molecule has 0 atom stereocenters. The molecule has 2 heterocycles. The minimum Gasteiger partial charge on any atom is -0.369 e. The Bertz CT molecular complexity index is 964. The van der Waals surface area contributed by atoms with E-state index < -0.39 is 0 Å². The van der Waals surface area contributed by atoms with Gasteiger partial charge in [-0.15, -0.1) is 0 Å². The van der Waals surface area contributed by atoms with Crippen LogP contribution in [0.25, 0.3) is 27.6 Å². The van der Waals surface area contributed by atoms with E-state index >= 15 is 0 Å². The number of hydrogen-bond acceptors (Lipinski definition) is 3. The van der Waals surface area contributed by atoms with Gasteiger partial charge in [0.15, 0.2) is 5.65 Å². The third-order valence-corrected chi connectivity index (χ3v) is 3.68. The lowest BCUT2D eigenvalue weighted by Gasteiger charge is -2.09. The standard InChI is InChI=1S/C17H14N4/c1-11-9-10-14-16(19-11)21(17(18)20-14)15-8-4-6-12-5-2-3-7-13(12)15/h2-10H,1H3,(H2,18,20). The highest BCUT2D eigenvalue weighted by Gasteiger charge is 2.13. The molecule has 0 bridgehead atoms. The van der Waals surface area contributed by atoms with Gasteiger partial charge in [-0.1, -0.05) is 36.4 Å². The van der Waals surface area contributed by atoms with Crippen molar-refractivity contribution in [3.63, 3.8) is 0 Å². The average molecular weight is 274 g/mol. The molecule has 4 rings (SSSR count). The Balaban J connectivity index is 2.14. The van der Waals surface area contributed by atoms with Gasteiger partial charge in [0, 0.05) is 11.1 Å². The summed E-state index contributed by atoms with van der Waals surface area (Å²) in [4.78, 5) is 9.02. The first kappa shape index (κ1) is 11.9. The molecule has 0 aliphatic rings. The fourth-order valence-corrected chi connectivity index (χ4v) is 2.71. The maximum absolute atomic E-state index is 6.14. The molecule has 2 N–H and O–H groups in total. The molecule has 0 amide bonds. The quantitative estimate of drug-likeness (QED) is 0.578. The molecule has 0 aliphatic heterocycles. The maximum Gasteiger partial charge on any atom is 0.207 e. The van der Waals surface area contributed by atoms with E-state index in [1.807, 2.05) is 47.9 Å². The van der Waals surface area contributed by atoms with Crippen molar-refractivity contribution in [1.29, 1.82) is 0 Å². The second-order valence-electron chi connectivity index (χ2n) is 5.10. The van der Waals surface area contributed by atoms with E-state index in [2.05, 4.69) is 28.2 Å². The van der Waals surface area contributed by atoms with E-state index in [9.17, 15) is 0 Å². The van der Waals surface area contributed by atoms with E-state index in [0.29, 0.717) is 5.95 Å². The van der Waals surface area contributed by atoms with Gasteiger partial charge in [-0.25, -0.2) is 9.97 Å². The summed E-state index contributed by atoms with van der Waals surface area (Å²) >= 11 is 0. The molecule has 0 unspecified atom stereocenters. The number of benzene rings is 2. The summed E-state index contributed by atoms with van der Waals surface area (Å²) in [5.41, 5.74) is 9.70. The number of aryl methyl sites for hydroxylation is 1. The summed E-state index contributed by atoms with van der Waals surface area (Å²) in [6, 6.07) is 18.3. The van der Waals surface area contributed by atoms with Crippen molar-refractivity contribution >= 4 is 27.9 Å². The first-order valence-electron chi connectivity index (χ1n) is 6.84. The second-order valence-corrected chi connectivity index (χ2v) is 5.10. The zero-order chi connectivity index (χ0) is 14.4. The molecule has 0 radical (unpaired) electrons. The third kappa shape index (κ3) is 1.76. The van der Waals surface area contributed by atoms with Gasteiger partial charge in [-0.05, 0) is 30.5 Å². The number of hydrogen-bond donors (Lipinski definition) is 1. The van der Waals surface area contributed by atoms with Crippen LogP contribution in [0, 0.1) is 6.92 Å². The monoisotopic (exact) mass is 274 g/mol. The molecule has 4 heteroatoms. The number of aromatic nitrogens is 3. The van der Waals surface area contributed by atoms with Crippen LogP contribution in [0.3, 0.4) is 0 Å². The predicted molar refractivity (Wildman–Crippen MR) is 85.5 cm³/mol. The number of imidazole rings is 1. The minimum atomic E-state index is 0.458. The Hall–Kier alpha value is -2.88. The molecular weight excluding hydrogens is 260 g/mol. The van der Waals surface area contributed by atoms with Crippen LogP contribution in [0.1, 0.15) is 5.69 Å². The zero-order valence-corrected chi connectivity index (χ0v) is 11.6. The first-order chi connectivity index (χ1) is 10.2. The largest absolute Gasteiger partial charge is 0.369 e. The van der Waals surface area contributed by atoms with Crippen LogP contribution < -0.4 is 5.73 Å². The number of anilines is 1. The minimum absolute atomic E-state index is 0.458. The van der Waals surface area contributed by atoms with Gasteiger partial charge in [-0.2, -0.15) is 0 Å². The summed E-state index contributed by atoms with van der Waals surface area (Å²) in [7, 11) is 0. The summed E-state index contributed by atoms with van der Waals surface area (Å²) in [5.74, 6) is 0.458. The number of fused-ring (bicyclic) bond motifs is 2. The highest BCUT2D eigenvalue weighted by Crippen LogP contribution is 2.27. The average Bonchev–Trinajstić information content (AvgIpc) is 2.82. The van der Waals surface area contributed by atoms with Crippen molar-refractivity contribution in [2.75, 3.05) is 5.73 Å². The molecule has 0 spiro atoms. The van der Waals surface area contributed by atoms with Gasteiger partial charge < -0.3 is 5.73 Å². The Morgan fingerprint density at radius 2 is 1.71 bits per heavy atom. The number of rotatable bonds is 1. The third-order valence-electron chi connectivity index (χ3n) is 3.68. The number of pyridine rings is 1. The Kier molecular flexibility index (Phi) is 2.44. The highest BCUT2D eigenvalue weighted by atomic mass is 15.2. The molecule has 0 saturated heterocycles. The summed E-state index contributed by atoms with van der Waals surface area (Å²) in [6.07, 6.45) is 0. The molecule has 2 aromatic heterocycles. The van der Waals surface area contributed by atoms with Crippen molar-refractivity contribution < 1.29 is 0 Å². The maximum atomic E-state index is 6.14. The van der Waals surface area contributed by atoms with Gasteiger partial charge in [0.1, 0.15) is 5.52 Å². The summed E-state index contributed by atoms with van der Waals surface area (Å²) < 4.78 is 1.92. The van der Waals surface area contributed by atoms with E-state index in [-0.39, 0.29) is 0 Å². The molecule has 0 fully saturated rings. The SMILES string of the molecule is Cc1ccc2nc(N)n(-c3cccc4ccccc34)c2n1. The predicted octanol–water partition coefficient (Wildman–Crippen LogP) is 3.46. The summed E-state index contributed by atoms with van der Waals surface area (Å²) in [5, 5.41) is 2.30. The second kappa shape index (κ2) is 4.31. The molecule has 0 saturated carbocycles. The van der Waals surface area contributed by atoms with E-state index in [1.54, 1.807) is 0 Å². The van der Waals surface area contributed by atoms with Crippen LogP contribution in [-0.4, -0.2) is 14.5 Å². The van der Waals surface area contributed by atoms with Crippen molar-refractivity contribution in [2.45, 2.75) is 6.92 Å². The fourth-order valence-electron chi connectivity index (χ4n) is 2.71. The molecule has 4 nitrogen and oxygen atoms in total. The summed E-state index contributed by atoms with van der Waals surface area (Å²) in [6.45, 7) is 1.97. The molecular formula is C17H14N4. The number of nitrogens with two attached hydrogens (primary N) is 1. The lowest BCUT2D eigenvalue weighted by Crippen LogP contribution is -2.02. The van der Waals surface area contributed by atoms with E-state index in [0.717, 1.165) is 27.9 Å². The Labute approximate surface area is 121 Å². The molecule has 4 aromatic rings. The zero-order valence-electron chi connectivity index (χ0n) is 11.6. The van der Waals surface area contributed by atoms with Crippen LogP contribution >= 0.6 is 0 Å².